The van der Waals surface area contributed by atoms with Crippen molar-refractivity contribution in [1.29, 1.82) is 0 Å². The van der Waals surface area contributed by atoms with E-state index in [2.05, 4.69) is 26.2 Å². The minimum absolute atomic E-state index is 0.0631. The highest BCUT2D eigenvalue weighted by molar-refractivity contribution is 9.10. The lowest BCUT2D eigenvalue weighted by molar-refractivity contribution is 0.0760. The first kappa shape index (κ1) is 17.0. The first-order valence-corrected chi connectivity index (χ1v) is 8.12. The van der Waals surface area contributed by atoms with Gasteiger partial charge in [0.15, 0.2) is 0 Å². The number of carbonyl (C=O) groups is 1. The molecule has 0 aliphatic rings. The summed E-state index contributed by atoms with van der Waals surface area (Å²) in [6.07, 6.45) is -0.215. The van der Waals surface area contributed by atoms with E-state index in [4.69, 9.17) is 4.74 Å². The first-order chi connectivity index (χ1) is 10.4. The Labute approximate surface area is 138 Å². The van der Waals surface area contributed by atoms with Crippen molar-refractivity contribution < 1.29 is 18.3 Å². The van der Waals surface area contributed by atoms with Crippen molar-refractivity contribution in [2.45, 2.75) is 20.0 Å². The maximum absolute atomic E-state index is 13.6. The monoisotopic (exact) mass is 390 g/mol. The molecule has 22 heavy (non-hydrogen) atoms. The highest BCUT2D eigenvalue weighted by atomic mass is 79.9. The van der Waals surface area contributed by atoms with Gasteiger partial charge < -0.3 is 10.1 Å². The van der Waals surface area contributed by atoms with Gasteiger partial charge in [0.05, 0.1) is 10.2 Å². The molecule has 2 rings (SSSR count). The van der Waals surface area contributed by atoms with Crippen molar-refractivity contribution >= 4 is 38.9 Å². The lowest BCUT2D eigenvalue weighted by atomic mass is 10.3. The summed E-state index contributed by atoms with van der Waals surface area (Å²) in [5, 5.41) is 4.60. The fourth-order valence-electron chi connectivity index (χ4n) is 1.70. The highest BCUT2D eigenvalue weighted by Gasteiger charge is 2.17. The summed E-state index contributed by atoms with van der Waals surface area (Å²) in [6.45, 7) is 4.24. The number of benzene rings is 1. The molecule has 4 nitrogen and oxygen atoms in total. The Hall–Kier alpha value is -1.38. The number of hydrogen-bond acceptors (Lipinski definition) is 4. The van der Waals surface area contributed by atoms with Crippen LogP contribution in [-0.2, 0) is 4.74 Å². The molecule has 2 aromatic rings. The molecule has 8 heteroatoms. The molecule has 0 radical (unpaired) electrons. The number of carbonyl (C=O) groups excluding carboxylic acids is 1. The predicted octanol–water partition coefficient (Wildman–Crippen LogP) is 4.53. The van der Waals surface area contributed by atoms with Crippen molar-refractivity contribution in [3.8, 4) is 0 Å². The van der Waals surface area contributed by atoms with E-state index < -0.39 is 17.5 Å². The fourth-order valence-corrected chi connectivity index (χ4v) is 2.85. The Morgan fingerprint density at radius 2 is 2.18 bits per heavy atom. The van der Waals surface area contributed by atoms with Crippen LogP contribution in [0.3, 0.4) is 0 Å². The second kappa shape index (κ2) is 7.26. The zero-order valence-corrected chi connectivity index (χ0v) is 14.2. The van der Waals surface area contributed by atoms with Gasteiger partial charge in [0.25, 0.3) is 5.91 Å². The van der Waals surface area contributed by atoms with E-state index in [1.165, 1.54) is 17.4 Å². The van der Waals surface area contributed by atoms with Crippen molar-refractivity contribution in [2.75, 3.05) is 11.9 Å². The molecule has 1 N–H and O–H groups in total. The summed E-state index contributed by atoms with van der Waals surface area (Å²) >= 11 is 4.23. The summed E-state index contributed by atoms with van der Waals surface area (Å²) in [7, 11) is 0. The third-order valence-corrected chi connectivity index (χ3v) is 4.39. The fraction of sp³-hybridized carbons (Fsp3) is 0.286. The number of nitrogens with zero attached hydrogens (tertiary/aromatic N) is 1. The average Bonchev–Trinajstić information content (AvgIpc) is 2.95. The Morgan fingerprint density at radius 1 is 1.45 bits per heavy atom. The maximum Gasteiger partial charge on any atom is 0.275 e. The summed E-state index contributed by atoms with van der Waals surface area (Å²) in [5.74, 6) is -2.16. The van der Waals surface area contributed by atoms with E-state index in [-0.39, 0.29) is 22.0 Å². The third-order valence-electron chi connectivity index (χ3n) is 2.78. The quantitative estimate of drug-likeness (QED) is 0.762. The summed E-state index contributed by atoms with van der Waals surface area (Å²) < 4.78 is 32.2. The van der Waals surface area contributed by atoms with Crippen LogP contribution in [0.25, 0.3) is 0 Å². The zero-order valence-electron chi connectivity index (χ0n) is 11.8. The van der Waals surface area contributed by atoms with Crippen LogP contribution < -0.4 is 5.32 Å². The maximum atomic E-state index is 13.6. The lowest BCUT2D eigenvalue weighted by Gasteiger charge is -2.07. The number of nitrogens with one attached hydrogen (secondary N) is 1. The number of aromatic nitrogens is 1. The standard InChI is InChI=1S/C14H13BrF2N2O2S/c1-3-21-7(2)14-19-12(6-22-14)13(20)18-11-4-8(15)9(16)5-10(11)17/h4-7H,3H2,1-2H3,(H,18,20)/t7-/m0/s1. The molecule has 1 amide bonds. The van der Waals surface area contributed by atoms with Gasteiger partial charge in [-0.3, -0.25) is 4.79 Å². The van der Waals surface area contributed by atoms with E-state index >= 15 is 0 Å². The molecule has 0 aliphatic heterocycles. The van der Waals surface area contributed by atoms with E-state index in [0.717, 1.165) is 0 Å². The van der Waals surface area contributed by atoms with Crippen LogP contribution in [0.1, 0.15) is 35.4 Å². The molecule has 0 unspecified atom stereocenters. The Bertz CT molecular complexity index is 693. The second-order valence-corrected chi connectivity index (χ2v) is 6.11. The number of halogens is 3. The number of rotatable bonds is 5. The summed E-state index contributed by atoms with van der Waals surface area (Å²) in [6, 6.07) is 1.86. The molecule has 1 aromatic carbocycles. The molecular formula is C14H13BrF2N2O2S. The van der Waals surface area contributed by atoms with Gasteiger partial charge in [-0.1, -0.05) is 0 Å². The van der Waals surface area contributed by atoms with E-state index in [1.807, 2.05) is 13.8 Å². The molecule has 1 atom stereocenters. The SMILES string of the molecule is CCO[C@@H](C)c1nc(C(=O)Nc2cc(Br)c(F)cc2F)cs1. The molecule has 118 valence electrons. The zero-order chi connectivity index (χ0) is 16.3. The molecule has 0 saturated heterocycles. The molecule has 0 fully saturated rings. The van der Waals surface area contributed by atoms with Gasteiger partial charge in [-0.25, -0.2) is 13.8 Å². The molecule has 1 heterocycles. The van der Waals surface area contributed by atoms with Crippen LogP contribution in [0.4, 0.5) is 14.5 Å². The van der Waals surface area contributed by atoms with Gasteiger partial charge >= 0.3 is 0 Å². The van der Waals surface area contributed by atoms with E-state index in [9.17, 15) is 13.6 Å². The number of amides is 1. The van der Waals surface area contributed by atoms with Gasteiger partial charge in [0.1, 0.15) is 28.4 Å². The van der Waals surface area contributed by atoms with Crippen LogP contribution in [-0.4, -0.2) is 17.5 Å². The first-order valence-electron chi connectivity index (χ1n) is 6.45. The number of thiazole rings is 1. The third kappa shape index (κ3) is 3.88. The number of hydrogen-bond donors (Lipinski definition) is 1. The minimum atomic E-state index is -0.854. The van der Waals surface area contributed by atoms with Crippen molar-refractivity contribution in [2.24, 2.45) is 0 Å². The summed E-state index contributed by atoms with van der Waals surface area (Å²) in [5.41, 5.74) is 0.0390. The van der Waals surface area contributed by atoms with Gasteiger partial charge in [-0.05, 0) is 35.8 Å². The van der Waals surface area contributed by atoms with E-state index in [0.29, 0.717) is 17.7 Å². The Balaban J connectivity index is 2.14. The van der Waals surface area contributed by atoms with Gasteiger partial charge in [0.2, 0.25) is 0 Å². The topological polar surface area (TPSA) is 51.2 Å². The van der Waals surface area contributed by atoms with Crippen LogP contribution in [0.5, 0.6) is 0 Å². The summed E-state index contributed by atoms with van der Waals surface area (Å²) in [4.78, 5) is 16.2. The lowest BCUT2D eigenvalue weighted by Crippen LogP contribution is -2.14. The van der Waals surface area contributed by atoms with Gasteiger partial charge in [-0.15, -0.1) is 11.3 Å². The molecular weight excluding hydrogens is 378 g/mol. The smallest absolute Gasteiger partial charge is 0.275 e. The molecule has 0 saturated carbocycles. The van der Waals surface area contributed by atoms with Crippen LogP contribution in [0, 0.1) is 11.6 Å². The second-order valence-electron chi connectivity index (χ2n) is 4.37. The molecule has 0 spiro atoms. The largest absolute Gasteiger partial charge is 0.372 e. The number of ether oxygens (including phenoxy) is 1. The van der Waals surface area contributed by atoms with Crippen LogP contribution >= 0.6 is 27.3 Å². The normalized spacial score (nSPS) is 12.2. The van der Waals surface area contributed by atoms with Crippen LogP contribution in [0.2, 0.25) is 0 Å². The Morgan fingerprint density at radius 3 is 2.86 bits per heavy atom. The Kier molecular flexibility index (Phi) is 5.60. The van der Waals surface area contributed by atoms with E-state index in [1.54, 1.807) is 5.38 Å². The van der Waals surface area contributed by atoms with Gasteiger partial charge in [-0.2, -0.15) is 0 Å². The predicted molar refractivity (Wildman–Crippen MR) is 84.2 cm³/mol. The van der Waals surface area contributed by atoms with Crippen molar-refractivity contribution in [1.82, 2.24) is 4.98 Å². The number of anilines is 1. The van der Waals surface area contributed by atoms with Crippen molar-refractivity contribution in [3.63, 3.8) is 0 Å². The molecule has 0 bridgehead atoms. The molecule has 1 aromatic heterocycles. The average molecular weight is 391 g/mol. The minimum Gasteiger partial charge on any atom is -0.372 e. The van der Waals surface area contributed by atoms with Crippen molar-refractivity contribution in [3.05, 3.63) is 44.3 Å². The molecule has 0 aliphatic carbocycles. The van der Waals surface area contributed by atoms with Crippen LogP contribution in [0.15, 0.2) is 22.0 Å². The van der Waals surface area contributed by atoms with Gasteiger partial charge in [0, 0.05) is 18.1 Å². The highest BCUT2D eigenvalue weighted by Crippen LogP contribution is 2.25.